The average Bonchev–Trinajstić information content (AvgIpc) is 2.44. The van der Waals surface area contributed by atoms with E-state index in [1.807, 2.05) is 5.48 Å². The zero-order valence-corrected chi connectivity index (χ0v) is 13.7. The summed E-state index contributed by atoms with van der Waals surface area (Å²) in [5.41, 5.74) is 1.89. The van der Waals surface area contributed by atoms with E-state index in [0.29, 0.717) is 0 Å². The number of hydroxylamine groups is 1. The number of amides is 1. The van der Waals surface area contributed by atoms with Gasteiger partial charge in [0.2, 0.25) is 0 Å². The first kappa shape index (κ1) is 16.9. The molecular weight excluding hydrogens is 372 g/mol. The van der Waals surface area contributed by atoms with Crippen LogP contribution in [0.2, 0.25) is 20.1 Å². The summed E-state index contributed by atoms with van der Waals surface area (Å²) >= 11 is 23.5. The van der Waals surface area contributed by atoms with E-state index in [2.05, 4.69) is 0 Å². The molecule has 22 heavy (non-hydrogen) atoms. The van der Waals surface area contributed by atoms with Crippen LogP contribution in [0.5, 0.6) is 0 Å². The Labute approximate surface area is 145 Å². The summed E-state index contributed by atoms with van der Waals surface area (Å²) in [4.78, 5) is 28.6. The number of rotatable bonds is 2. The number of carbonyl (C=O) groups excluding carboxylic acids is 2. The first-order valence-corrected chi connectivity index (χ1v) is 7.32. The second-order valence-electron chi connectivity index (χ2n) is 4.01. The minimum Gasteiger partial charge on any atom is -0.335 e. The van der Waals surface area contributed by atoms with Gasteiger partial charge in [0.1, 0.15) is 0 Å². The molecule has 0 radical (unpaired) electrons. The Morgan fingerprint density at radius 2 is 1.18 bits per heavy atom. The zero-order valence-electron chi connectivity index (χ0n) is 10.7. The quantitative estimate of drug-likeness (QED) is 0.763. The molecule has 0 bridgehead atoms. The highest BCUT2D eigenvalue weighted by Crippen LogP contribution is 2.26. The fraction of sp³-hybridized carbons (Fsp3) is 0. The maximum atomic E-state index is 12.0. The minimum absolute atomic E-state index is 0.0103. The Morgan fingerprint density at radius 1 is 0.773 bits per heavy atom. The van der Waals surface area contributed by atoms with Gasteiger partial charge >= 0.3 is 5.97 Å². The van der Waals surface area contributed by atoms with Gasteiger partial charge in [-0.05, 0) is 24.3 Å². The third-order valence-corrected chi connectivity index (χ3v) is 3.85. The topological polar surface area (TPSA) is 55.4 Å². The molecule has 0 fully saturated rings. The molecule has 0 atom stereocenters. The van der Waals surface area contributed by atoms with E-state index in [1.165, 1.54) is 24.3 Å². The van der Waals surface area contributed by atoms with Gasteiger partial charge in [-0.15, -0.1) is 0 Å². The molecule has 2 aromatic rings. The van der Waals surface area contributed by atoms with Crippen molar-refractivity contribution < 1.29 is 14.4 Å². The van der Waals surface area contributed by atoms with E-state index in [0.717, 1.165) is 0 Å². The highest BCUT2D eigenvalue weighted by atomic mass is 35.5. The van der Waals surface area contributed by atoms with E-state index in [1.54, 1.807) is 12.1 Å². The zero-order chi connectivity index (χ0) is 16.3. The molecule has 4 nitrogen and oxygen atoms in total. The molecule has 0 aliphatic carbocycles. The molecule has 0 saturated heterocycles. The fourth-order valence-electron chi connectivity index (χ4n) is 1.60. The first-order valence-electron chi connectivity index (χ1n) is 5.81. The minimum atomic E-state index is -0.910. The Kier molecular flexibility index (Phi) is 5.53. The number of halogens is 4. The molecular formula is C14H7Cl4NO3. The van der Waals surface area contributed by atoms with Crippen LogP contribution >= 0.6 is 46.4 Å². The molecule has 114 valence electrons. The molecule has 0 aliphatic rings. The lowest BCUT2D eigenvalue weighted by atomic mass is 10.2. The monoisotopic (exact) mass is 377 g/mol. The molecule has 0 unspecified atom stereocenters. The van der Waals surface area contributed by atoms with Crippen molar-refractivity contribution in [3.8, 4) is 0 Å². The van der Waals surface area contributed by atoms with Gasteiger partial charge in [-0.25, -0.2) is 4.79 Å². The highest BCUT2D eigenvalue weighted by Gasteiger charge is 2.20. The van der Waals surface area contributed by atoms with E-state index in [4.69, 9.17) is 51.2 Å². The molecule has 0 aliphatic heterocycles. The lowest BCUT2D eigenvalue weighted by Crippen LogP contribution is -2.28. The van der Waals surface area contributed by atoms with Crippen LogP contribution in [0.4, 0.5) is 0 Å². The van der Waals surface area contributed by atoms with Crippen LogP contribution in [-0.4, -0.2) is 11.9 Å². The molecule has 2 aromatic carbocycles. The molecule has 2 rings (SSSR count). The largest absolute Gasteiger partial charge is 0.365 e. The smallest absolute Gasteiger partial charge is 0.335 e. The van der Waals surface area contributed by atoms with Crippen LogP contribution in [0.3, 0.4) is 0 Å². The Balaban J connectivity index is 2.13. The lowest BCUT2D eigenvalue weighted by molar-refractivity contribution is 0.0230. The summed E-state index contributed by atoms with van der Waals surface area (Å²) in [5, 5.41) is 0.443. The van der Waals surface area contributed by atoms with Crippen molar-refractivity contribution in [3.05, 3.63) is 67.6 Å². The van der Waals surface area contributed by atoms with Gasteiger partial charge < -0.3 is 4.84 Å². The molecule has 1 amide bonds. The molecule has 0 saturated carbocycles. The van der Waals surface area contributed by atoms with E-state index in [9.17, 15) is 9.59 Å². The van der Waals surface area contributed by atoms with Crippen LogP contribution in [-0.2, 0) is 4.84 Å². The van der Waals surface area contributed by atoms with Crippen molar-refractivity contribution in [2.45, 2.75) is 0 Å². The predicted molar refractivity (Wildman–Crippen MR) is 85.8 cm³/mol. The summed E-state index contributed by atoms with van der Waals surface area (Å²) in [5.74, 6) is -1.68. The van der Waals surface area contributed by atoms with Crippen molar-refractivity contribution in [2.24, 2.45) is 0 Å². The van der Waals surface area contributed by atoms with Crippen molar-refractivity contribution >= 4 is 58.3 Å². The number of carbonyl (C=O) groups is 2. The van der Waals surface area contributed by atoms with E-state index < -0.39 is 11.9 Å². The maximum absolute atomic E-state index is 12.0. The molecule has 0 aromatic heterocycles. The van der Waals surface area contributed by atoms with E-state index in [-0.39, 0.29) is 31.2 Å². The summed E-state index contributed by atoms with van der Waals surface area (Å²) in [6.45, 7) is 0. The van der Waals surface area contributed by atoms with Crippen LogP contribution in [0.25, 0.3) is 0 Å². The van der Waals surface area contributed by atoms with Gasteiger partial charge in [0.05, 0.1) is 31.2 Å². The third kappa shape index (κ3) is 3.65. The Morgan fingerprint density at radius 3 is 1.64 bits per heavy atom. The second-order valence-corrected chi connectivity index (χ2v) is 5.64. The van der Waals surface area contributed by atoms with Gasteiger partial charge in [0, 0.05) is 0 Å². The first-order chi connectivity index (χ1) is 10.4. The molecule has 0 heterocycles. The fourth-order valence-corrected chi connectivity index (χ4v) is 2.72. The van der Waals surface area contributed by atoms with Crippen LogP contribution < -0.4 is 5.48 Å². The number of hydrogen-bond acceptors (Lipinski definition) is 3. The molecule has 0 spiro atoms. The summed E-state index contributed by atoms with van der Waals surface area (Å²) in [7, 11) is 0. The van der Waals surface area contributed by atoms with Crippen LogP contribution in [0.15, 0.2) is 36.4 Å². The van der Waals surface area contributed by atoms with Crippen molar-refractivity contribution in [3.63, 3.8) is 0 Å². The standard InChI is InChI=1S/C14H7Cl4NO3/c15-7-3-1-4-8(16)11(7)13(20)19-22-14(21)12-9(17)5-2-6-10(12)18/h1-6H,(H,19,20). The lowest BCUT2D eigenvalue weighted by Gasteiger charge is -2.09. The van der Waals surface area contributed by atoms with Gasteiger partial charge in [0.15, 0.2) is 0 Å². The normalized spacial score (nSPS) is 10.2. The van der Waals surface area contributed by atoms with Crippen molar-refractivity contribution in [1.82, 2.24) is 5.48 Å². The number of nitrogens with one attached hydrogen (secondary N) is 1. The van der Waals surface area contributed by atoms with E-state index >= 15 is 0 Å². The highest BCUT2D eigenvalue weighted by molar-refractivity contribution is 6.40. The van der Waals surface area contributed by atoms with Gasteiger partial charge in [-0.1, -0.05) is 58.5 Å². The third-order valence-electron chi connectivity index (χ3n) is 2.59. The van der Waals surface area contributed by atoms with Crippen molar-refractivity contribution in [1.29, 1.82) is 0 Å². The average molecular weight is 379 g/mol. The van der Waals surface area contributed by atoms with Crippen molar-refractivity contribution in [2.75, 3.05) is 0 Å². The van der Waals surface area contributed by atoms with Crippen LogP contribution in [0.1, 0.15) is 20.7 Å². The molecule has 1 N–H and O–H groups in total. The Bertz CT molecular complexity index is 645. The second kappa shape index (κ2) is 7.20. The predicted octanol–water partition coefficient (Wildman–Crippen LogP) is 4.80. The van der Waals surface area contributed by atoms with Gasteiger partial charge in [0.25, 0.3) is 5.91 Å². The summed E-state index contributed by atoms with van der Waals surface area (Å²) in [6, 6.07) is 9.05. The summed E-state index contributed by atoms with van der Waals surface area (Å²) in [6.07, 6.45) is 0. The Hall–Kier alpha value is -1.46. The molecule has 8 heteroatoms. The maximum Gasteiger partial charge on any atom is 0.365 e. The SMILES string of the molecule is O=C(NOC(=O)c1c(Cl)cccc1Cl)c1c(Cl)cccc1Cl. The number of benzene rings is 2. The number of hydrogen-bond donors (Lipinski definition) is 1. The van der Waals surface area contributed by atoms with Crippen LogP contribution in [0, 0.1) is 0 Å². The van der Waals surface area contributed by atoms with Gasteiger partial charge in [-0.3, -0.25) is 4.79 Å². The summed E-state index contributed by atoms with van der Waals surface area (Å²) < 4.78 is 0. The van der Waals surface area contributed by atoms with Gasteiger partial charge in [-0.2, -0.15) is 5.48 Å².